The lowest BCUT2D eigenvalue weighted by Gasteiger charge is -2.40. The first kappa shape index (κ1) is 13.1. The molecule has 1 heterocycles. The summed E-state index contributed by atoms with van der Waals surface area (Å²) in [7, 11) is 1.07. The van der Waals surface area contributed by atoms with Gasteiger partial charge in [0.15, 0.2) is 6.61 Å². The predicted molar refractivity (Wildman–Crippen MR) is 47.3 cm³/mol. The third-order valence-electron chi connectivity index (χ3n) is 2.25. The molecule has 4 atom stereocenters. The van der Waals surface area contributed by atoms with Crippen LogP contribution in [0, 0.1) is 0 Å². The van der Waals surface area contributed by atoms with E-state index >= 15 is 0 Å². The second-order valence-corrected chi connectivity index (χ2v) is 3.40. The summed E-state index contributed by atoms with van der Waals surface area (Å²) in [6, 6.07) is 0. The van der Waals surface area contributed by atoms with Gasteiger partial charge in [0.05, 0.1) is 13.7 Å². The molecule has 1 fully saturated rings. The number of hydrogen-bond acceptors (Lipinski definition) is 8. The zero-order valence-electron chi connectivity index (χ0n) is 8.57. The Balaban J connectivity index is 2.59. The fourth-order valence-corrected chi connectivity index (χ4v) is 1.24. The molecule has 0 spiro atoms. The highest BCUT2D eigenvalue weighted by molar-refractivity contribution is 5.59. The third kappa shape index (κ3) is 2.60. The second-order valence-electron chi connectivity index (χ2n) is 3.40. The molecule has 0 aromatic carbocycles. The van der Waals surface area contributed by atoms with Crippen molar-refractivity contribution in [2.24, 2.45) is 0 Å². The predicted octanol–water partition coefficient (Wildman–Crippen LogP) is -2.43. The van der Waals surface area contributed by atoms with Crippen molar-refractivity contribution < 1.29 is 39.4 Å². The summed E-state index contributed by atoms with van der Waals surface area (Å²) in [4.78, 5) is 10.6. The molecule has 1 rings (SSSR count). The number of aliphatic hydroxyl groups excluding tert-OH is 3. The molecule has 0 aliphatic carbocycles. The van der Waals surface area contributed by atoms with E-state index in [1.807, 2.05) is 0 Å². The fraction of sp³-hybridized carbons (Fsp3) is 0.875. The molecule has 0 unspecified atom stereocenters. The van der Waals surface area contributed by atoms with Crippen LogP contribution < -0.4 is 0 Å². The Morgan fingerprint density at radius 1 is 1.50 bits per heavy atom. The van der Waals surface area contributed by atoms with Crippen molar-refractivity contribution in [1.29, 1.82) is 0 Å². The van der Waals surface area contributed by atoms with E-state index in [1.54, 1.807) is 0 Å². The minimum absolute atomic E-state index is 0.390. The number of methoxy groups -OCH3 is 1. The van der Waals surface area contributed by atoms with Gasteiger partial charge in [-0.15, -0.1) is 0 Å². The van der Waals surface area contributed by atoms with Crippen LogP contribution in [0.2, 0.25) is 0 Å². The monoisotopic (exact) mass is 238 g/mol. The molecule has 0 radical (unpaired) electrons. The average molecular weight is 238 g/mol. The van der Waals surface area contributed by atoms with E-state index in [1.165, 1.54) is 0 Å². The molecular formula is C8H14O8. The molecule has 8 nitrogen and oxygen atoms in total. The van der Waals surface area contributed by atoms with Crippen LogP contribution in [0.25, 0.3) is 0 Å². The number of carbonyl (C=O) groups is 1. The van der Waals surface area contributed by atoms with Gasteiger partial charge in [-0.05, 0) is 0 Å². The Bertz CT molecular complexity index is 256. The molecule has 0 saturated carbocycles. The van der Waals surface area contributed by atoms with Gasteiger partial charge in [-0.3, -0.25) is 0 Å². The van der Waals surface area contributed by atoms with Crippen molar-refractivity contribution in [1.82, 2.24) is 0 Å². The lowest BCUT2D eigenvalue weighted by atomic mass is 9.97. The van der Waals surface area contributed by atoms with Gasteiger partial charge in [-0.25, -0.2) is 4.79 Å². The quantitative estimate of drug-likeness (QED) is 0.391. The topological polar surface area (TPSA) is 126 Å². The average Bonchev–Trinajstić information content (AvgIpc) is 2.29. The molecule has 4 N–H and O–H groups in total. The van der Waals surface area contributed by atoms with Gasteiger partial charge in [0.1, 0.15) is 18.3 Å². The van der Waals surface area contributed by atoms with E-state index < -0.39 is 36.9 Å². The number of ether oxygens (including phenoxy) is 3. The Morgan fingerprint density at radius 2 is 2.12 bits per heavy atom. The maximum absolute atomic E-state index is 10.6. The van der Waals surface area contributed by atoms with Gasteiger partial charge in [-0.1, -0.05) is 0 Å². The smallest absolute Gasteiger partial charge is 0.438 e. The summed E-state index contributed by atoms with van der Waals surface area (Å²) in [5.41, 5.74) is 0. The van der Waals surface area contributed by atoms with E-state index in [4.69, 9.17) is 9.84 Å². The maximum Gasteiger partial charge on any atom is 0.508 e. The van der Waals surface area contributed by atoms with Crippen LogP contribution in [0.4, 0.5) is 4.79 Å². The Kier molecular flexibility index (Phi) is 4.05. The Hall–Kier alpha value is -0.930. The van der Waals surface area contributed by atoms with Crippen LogP contribution in [0.15, 0.2) is 0 Å². The van der Waals surface area contributed by atoms with Gasteiger partial charge in [0.2, 0.25) is 5.79 Å². The summed E-state index contributed by atoms with van der Waals surface area (Å²) in [6.45, 7) is -1.11. The molecule has 0 aromatic heterocycles. The largest absolute Gasteiger partial charge is 0.508 e. The van der Waals surface area contributed by atoms with Crippen LogP contribution in [-0.4, -0.2) is 71.0 Å². The van der Waals surface area contributed by atoms with Crippen LogP contribution in [0.3, 0.4) is 0 Å². The number of carbonyl (C=O) groups excluding carboxylic acids is 1. The standard InChI is InChI=1S/C8H14O8/c1-14-7(12)15-3-8(13)6(11)5(10)4(9)2-16-8/h4-6,9-11,13H,2-3H2,1H3/t4-,5+,6-,8+/m1/s1. The number of hydrogen-bond donors (Lipinski definition) is 4. The van der Waals surface area contributed by atoms with Crippen LogP contribution in [-0.2, 0) is 14.2 Å². The van der Waals surface area contributed by atoms with Crippen molar-refractivity contribution in [2.75, 3.05) is 20.3 Å². The molecule has 8 heteroatoms. The van der Waals surface area contributed by atoms with Gasteiger partial charge in [0, 0.05) is 0 Å². The second kappa shape index (κ2) is 4.93. The lowest BCUT2D eigenvalue weighted by Crippen LogP contribution is -2.63. The molecular weight excluding hydrogens is 224 g/mol. The normalized spacial score (nSPS) is 39.2. The molecule has 1 aliphatic rings. The van der Waals surface area contributed by atoms with Crippen molar-refractivity contribution in [2.45, 2.75) is 24.1 Å². The van der Waals surface area contributed by atoms with Gasteiger partial charge in [0.25, 0.3) is 0 Å². The van der Waals surface area contributed by atoms with Crippen LogP contribution in [0.1, 0.15) is 0 Å². The molecule has 16 heavy (non-hydrogen) atoms. The summed E-state index contributed by atoms with van der Waals surface area (Å²) < 4.78 is 13.3. The van der Waals surface area contributed by atoms with Crippen molar-refractivity contribution in [3.8, 4) is 0 Å². The summed E-state index contributed by atoms with van der Waals surface area (Å²) in [5, 5.41) is 37.5. The molecule has 0 bridgehead atoms. The molecule has 94 valence electrons. The first-order chi connectivity index (χ1) is 7.40. The fourth-order valence-electron chi connectivity index (χ4n) is 1.24. The van der Waals surface area contributed by atoms with Gasteiger partial charge >= 0.3 is 6.16 Å². The van der Waals surface area contributed by atoms with Gasteiger partial charge in [-0.2, -0.15) is 0 Å². The minimum atomic E-state index is -2.26. The zero-order valence-corrected chi connectivity index (χ0v) is 8.57. The zero-order chi connectivity index (χ0) is 12.3. The molecule has 0 aromatic rings. The lowest BCUT2D eigenvalue weighted by molar-refractivity contribution is -0.331. The minimum Gasteiger partial charge on any atom is -0.438 e. The highest BCUT2D eigenvalue weighted by atomic mass is 16.7. The van der Waals surface area contributed by atoms with E-state index in [0.717, 1.165) is 7.11 Å². The molecule has 1 saturated heterocycles. The SMILES string of the molecule is COC(=O)OC[C@]1(O)OC[C@@H](O)[C@H](O)[C@H]1O. The summed E-state index contributed by atoms with van der Waals surface area (Å²) in [6.07, 6.45) is -5.75. The van der Waals surface area contributed by atoms with Crippen LogP contribution >= 0.6 is 0 Å². The summed E-state index contributed by atoms with van der Waals surface area (Å²) in [5.74, 6) is -2.26. The highest BCUT2D eigenvalue weighted by Gasteiger charge is 2.49. The van der Waals surface area contributed by atoms with E-state index in [2.05, 4.69) is 9.47 Å². The first-order valence-corrected chi connectivity index (χ1v) is 4.52. The van der Waals surface area contributed by atoms with E-state index in [9.17, 15) is 20.1 Å². The Labute approximate surface area is 91.0 Å². The van der Waals surface area contributed by atoms with Crippen molar-refractivity contribution in [3.63, 3.8) is 0 Å². The van der Waals surface area contributed by atoms with Crippen molar-refractivity contribution in [3.05, 3.63) is 0 Å². The highest BCUT2D eigenvalue weighted by Crippen LogP contribution is 2.24. The Morgan fingerprint density at radius 3 is 2.69 bits per heavy atom. The molecule has 0 amide bonds. The maximum atomic E-state index is 10.6. The molecule has 1 aliphatic heterocycles. The van der Waals surface area contributed by atoms with E-state index in [-0.39, 0.29) is 6.61 Å². The van der Waals surface area contributed by atoms with E-state index in [0.29, 0.717) is 0 Å². The summed E-state index contributed by atoms with van der Waals surface area (Å²) >= 11 is 0. The third-order valence-corrected chi connectivity index (χ3v) is 2.25. The van der Waals surface area contributed by atoms with Crippen molar-refractivity contribution >= 4 is 6.16 Å². The van der Waals surface area contributed by atoms with Crippen LogP contribution in [0.5, 0.6) is 0 Å². The number of aliphatic hydroxyl groups is 4. The number of rotatable bonds is 2. The van der Waals surface area contributed by atoms with Gasteiger partial charge < -0.3 is 34.6 Å². The first-order valence-electron chi connectivity index (χ1n) is 4.52.